The van der Waals surface area contributed by atoms with Gasteiger partial charge >= 0.3 is 0 Å². The molecule has 0 aromatic carbocycles. The van der Waals surface area contributed by atoms with E-state index < -0.39 is 15.6 Å². The molecule has 1 atom stereocenters. The van der Waals surface area contributed by atoms with Crippen molar-refractivity contribution in [3.8, 4) is 0 Å². The number of thiazole rings is 1. The number of nitrogens with one attached hydrogen (secondary N) is 2. The smallest absolute Gasteiger partial charge is 0.231 e. The van der Waals surface area contributed by atoms with Crippen molar-refractivity contribution in [2.45, 2.75) is 38.6 Å². The topological polar surface area (TPSA) is 108 Å². The molecule has 0 aliphatic heterocycles. The molecule has 0 saturated heterocycles. The Bertz CT molecular complexity index is 585. The summed E-state index contributed by atoms with van der Waals surface area (Å²) >= 11 is 1.13. The van der Waals surface area contributed by atoms with Crippen LogP contribution in [0.15, 0.2) is 5.38 Å². The number of aromatic nitrogens is 1. The number of rotatable bonds is 8. The van der Waals surface area contributed by atoms with Gasteiger partial charge in [0.2, 0.25) is 15.9 Å². The number of sulfonamides is 1. The van der Waals surface area contributed by atoms with Gasteiger partial charge in [-0.1, -0.05) is 6.92 Å². The van der Waals surface area contributed by atoms with Gasteiger partial charge in [-0.2, -0.15) is 0 Å². The highest BCUT2D eigenvalue weighted by molar-refractivity contribution is 7.92. The summed E-state index contributed by atoms with van der Waals surface area (Å²) in [5.74, 6) is -0.205. The lowest BCUT2D eigenvalue weighted by Gasteiger charge is -2.28. The lowest BCUT2D eigenvalue weighted by Crippen LogP contribution is -2.46. The maximum atomic E-state index is 12.0. The largest absolute Gasteiger partial charge is 0.396 e. The van der Waals surface area contributed by atoms with Gasteiger partial charge in [0, 0.05) is 17.5 Å². The maximum Gasteiger partial charge on any atom is 0.231 e. The van der Waals surface area contributed by atoms with Crippen molar-refractivity contribution in [1.82, 2.24) is 10.3 Å². The van der Waals surface area contributed by atoms with Gasteiger partial charge < -0.3 is 10.4 Å². The Labute approximate surface area is 128 Å². The molecular formula is C12H21N3O4S2. The molecule has 0 aliphatic rings. The highest BCUT2D eigenvalue weighted by atomic mass is 32.2. The molecule has 1 aromatic heterocycles. The Hall–Kier alpha value is -1.19. The number of nitrogens with zero attached hydrogens (tertiary/aromatic N) is 1. The minimum Gasteiger partial charge on any atom is -0.396 e. The van der Waals surface area contributed by atoms with Gasteiger partial charge in [-0.05, 0) is 19.8 Å². The average molecular weight is 335 g/mol. The molecule has 3 N–H and O–H groups in total. The molecule has 1 aromatic rings. The first kappa shape index (κ1) is 17.9. The third kappa shape index (κ3) is 6.40. The second kappa shape index (κ2) is 7.19. The monoisotopic (exact) mass is 335 g/mol. The molecule has 0 radical (unpaired) electrons. The summed E-state index contributed by atoms with van der Waals surface area (Å²) in [6.45, 7) is 3.81. The van der Waals surface area contributed by atoms with Gasteiger partial charge in [0.05, 0.1) is 18.4 Å². The van der Waals surface area contributed by atoms with E-state index >= 15 is 0 Å². The molecule has 0 spiro atoms. The molecule has 1 rings (SSSR count). The molecule has 120 valence electrons. The van der Waals surface area contributed by atoms with E-state index in [0.717, 1.165) is 17.6 Å². The van der Waals surface area contributed by atoms with Crippen LogP contribution < -0.4 is 10.0 Å². The molecule has 7 nitrogen and oxygen atoms in total. The predicted molar refractivity (Wildman–Crippen MR) is 82.8 cm³/mol. The standard InChI is InChI=1S/C12H21N3O4S2/c1-4-12(2,5-6-16)14-10(17)7-9-8-20-11(13-9)15-21(3,18)19/h8,16H,4-7H2,1-3H3,(H,13,15)(H,14,17). The average Bonchev–Trinajstić information content (AvgIpc) is 2.73. The Morgan fingerprint density at radius 3 is 2.71 bits per heavy atom. The van der Waals surface area contributed by atoms with E-state index in [0.29, 0.717) is 18.5 Å². The van der Waals surface area contributed by atoms with Gasteiger partial charge in [0.25, 0.3) is 0 Å². The second-order valence-corrected chi connectivity index (χ2v) is 7.74. The van der Waals surface area contributed by atoms with Crippen molar-refractivity contribution < 1.29 is 18.3 Å². The normalized spacial score (nSPS) is 14.5. The molecule has 1 amide bonds. The Balaban J connectivity index is 2.63. The van der Waals surface area contributed by atoms with Crippen LogP contribution >= 0.6 is 11.3 Å². The Morgan fingerprint density at radius 2 is 2.19 bits per heavy atom. The van der Waals surface area contributed by atoms with Gasteiger partial charge in [-0.15, -0.1) is 11.3 Å². The van der Waals surface area contributed by atoms with Crippen molar-refractivity contribution in [1.29, 1.82) is 0 Å². The van der Waals surface area contributed by atoms with E-state index in [9.17, 15) is 13.2 Å². The molecule has 0 fully saturated rings. The highest BCUT2D eigenvalue weighted by Crippen LogP contribution is 2.18. The summed E-state index contributed by atoms with van der Waals surface area (Å²) < 4.78 is 24.4. The fourth-order valence-electron chi connectivity index (χ4n) is 1.71. The van der Waals surface area contributed by atoms with Crippen LogP contribution in [0.1, 0.15) is 32.4 Å². The van der Waals surface area contributed by atoms with Crippen molar-refractivity contribution in [2.75, 3.05) is 17.6 Å². The van der Waals surface area contributed by atoms with E-state index in [2.05, 4.69) is 15.0 Å². The zero-order valence-corrected chi connectivity index (χ0v) is 14.0. The van der Waals surface area contributed by atoms with Crippen LogP contribution in [0.2, 0.25) is 0 Å². The van der Waals surface area contributed by atoms with Crippen LogP contribution in [-0.4, -0.2) is 42.8 Å². The Kier molecular flexibility index (Phi) is 6.11. The number of carbonyl (C=O) groups is 1. The summed E-state index contributed by atoms with van der Waals surface area (Å²) in [4.78, 5) is 16.0. The van der Waals surface area contributed by atoms with Crippen molar-refractivity contribution >= 4 is 32.4 Å². The number of carbonyl (C=O) groups excluding carboxylic acids is 1. The number of amides is 1. The van der Waals surface area contributed by atoms with Crippen LogP contribution in [0.25, 0.3) is 0 Å². The second-order valence-electron chi connectivity index (χ2n) is 5.13. The van der Waals surface area contributed by atoms with E-state index in [4.69, 9.17) is 5.11 Å². The first-order valence-corrected chi connectivity index (χ1v) is 9.28. The molecule has 0 saturated carbocycles. The molecule has 0 aliphatic carbocycles. The first-order valence-electron chi connectivity index (χ1n) is 6.51. The lowest BCUT2D eigenvalue weighted by molar-refractivity contribution is -0.122. The summed E-state index contributed by atoms with van der Waals surface area (Å²) in [6, 6.07) is 0. The third-order valence-electron chi connectivity index (χ3n) is 3.05. The van der Waals surface area contributed by atoms with E-state index in [1.165, 1.54) is 0 Å². The molecular weight excluding hydrogens is 314 g/mol. The van der Waals surface area contributed by atoms with Crippen LogP contribution in [0, 0.1) is 0 Å². The van der Waals surface area contributed by atoms with E-state index in [1.807, 2.05) is 13.8 Å². The van der Waals surface area contributed by atoms with Crippen LogP contribution in [0.5, 0.6) is 0 Å². The highest BCUT2D eigenvalue weighted by Gasteiger charge is 2.24. The van der Waals surface area contributed by atoms with Crippen LogP contribution in [0.3, 0.4) is 0 Å². The number of hydrogen-bond donors (Lipinski definition) is 3. The quantitative estimate of drug-likeness (QED) is 0.649. The summed E-state index contributed by atoms with van der Waals surface area (Å²) in [5.41, 5.74) is 0.0569. The predicted octanol–water partition coefficient (Wildman–Crippen LogP) is 0.724. The minimum atomic E-state index is -3.36. The summed E-state index contributed by atoms with van der Waals surface area (Å²) in [5, 5.41) is 13.8. The van der Waals surface area contributed by atoms with Crippen molar-refractivity contribution in [2.24, 2.45) is 0 Å². The Morgan fingerprint density at radius 1 is 1.52 bits per heavy atom. The zero-order chi connectivity index (χ0) is 16.1. The van der Waals surface area contributed by atoms with Gasteiger partial charge in [0.15, 0.2) is 5.13 Å². The van der Waals surface area contributed by atoms with Crippen molar-refractivity contribution in [3.05, 3.63) is 11.1 Å². The number of anilines is 1. The molecule has 9 heteroatoms. The molecule has 1 unspecified atom stereocenters. The SMILES string of the molecule is CCC(C)(CCO)NC(=O)Cc1csc(NS(C)(=O)=O)n1. The fraction of sp³-hybridized carbons (Fsp3) is 0.667. The number of aliphatic hydroxyl groups is 1. The van der Waals surface area contributed by atoms with Crippen LogP contribution in [0.4, 0.5) is 5.13 Å². The number of aliphatic hydroxyl groups excluding tert-OH is 1. The van der Waals surface area contributed by atoms with Gasteiger partial charge in [-0.3, -0.25) is 9.52 Å². The van der Waals surface area contributed by atoms with Gasteiger partial charge in [-0.25, -0.2) is 13.4 Å². The minimum absolute atomic E-state index is 0.00372. The number of hydrogen-bond acceptors (Lipinski definition) is 6. The van der Waals surface area contributed by atoms with Crippen LogP contribution in [-0.2, 0) is 21.2 Å². The first-order chi connectivity index (χ1) is 9.67. The summed E-state index contributed by atoms with van der Waals surface area (Å²) in [6.07, 6.45) is 2.30. The lowest BCUT2D eigenvalue weighted by atomic mass is 9.94. The van der Waals surface area contributed by atoms with E-state index in [-0.39, 0.29) is 24.1 Å². The maximum absolute atomic E-state index is 12.0. The molecule has 21 heavy (non-hydrogen) atoms. The molecule has 0 bridgehead atoms. The summed E-state index contributed by atoms with van der Waals surface area (Å²) in [7, 11) is -3.36. The zero-order valence-electron chi connectivity index (χ0n) is 12.3. The third-order valence-corrected chi connectivity index (χ3v) is 4.55. The fourth-order valence-corrected chi connectivity index (χ4v) is 3.28. The molecule has 1 heterocycles. The van der Waals surface area contributed by atoms with Gasteiger partial charge in [0.1, 0.15) is 0 Å². The van der Waals surface area contributed by atoms with Crippen molar-refractivity contribution in [3.63, 3.8) is 0 Å². The van der Waals surface area contributed by atoms with E-state index in [1.54, 1.807) is 5.38 Å².